The highest BCUT2D eigenvalue weighted by molar-refractivity contribution is 5.96. The van der Waals surface area contributed by atoms with Crippen LogP contribution in [0.25, 0.3) is 0 Å². The Bertz CT molecular complexity index is 220. The minimum Gasteiger partial charge on any atom is -0.353 e. The highest BCUT2D eigenvalue weighted by atomic mass is 16.2. The van der Waals surface area contributed by atoms with Crippen LogP contribution in [0.3, 0.4) is 0 Å². The van der Waals surface area contributed by atoms with E-state index in [2.05, 4.69) is 5.32 Å². The SMILES string of the molecule is CC(=O)CC(=O)NC1CCC(N)CC1. The van der Waals surface area contributed by atoms with Crippen molar-refractivity contribution in [3.8, 4) is 0 Å². The van der Waals surface area contributed by atoms with Gasteiger partial charge in [0.25, 0.3) is 0 Å². The van der Waals surface area contributed by atoms with E-state index in [0.717, 1.165) is 25.7 Å². The van der Waals surface area contributed by atoms with Gasteiger partial charge in [-0.25, -0.2) is 0 Å². The molecule has 4 nitrogen and oxygen atoms in total. The molecule has 1 aliphatic carbocycles. The predicted octanol–water partition coefficient (Wildman–Crippen LogP) is 0.352. The molecule has 4 heteroatoms. The van der Waals surface area contributed by atoms with Gasteiger partial charge in [-0.2, -0.15) is 0 Å². The van der Waals surface area contributed by atoms with Crippen LogP contribution in [0.5, 0.6) is 0 Å². The Kier molecular flexibility index (Phi) is 4.07. The molecule has 0 aromatic rings. The number of carbonyl (C=O) groups excluding carboxylic acids is 2. The molecule has 14 heavy (non-hydrogen) atoms. The van der Waals surface area contributed by atoms with Crippen LogP contribution in [-0.2, 0) is 9.59 Å². The molecule has 0 saturated heterocycles. The first-order chi connectivity index (χ1) is 6.58. The molecule has 0 aromatic carbocycles. The van der Waals surface area contributed by atoms with E-state index < -0.39 is 0 Å². The van der Waals surface area contributed by atoms with Gasteiger partial charge in [0.2, 0.25) is 5.91 Å². The second-order valence-electron chi connectivity index (χ2n) is 4.06. The molecule has 0 aliphatic heterocycles. The molecule has 0 radical (unpaired) electrons. The molecule has 3 N–H and O–H groups in total. The molecule has 80 valence electrons. The fraction of sp³-hybridized carbons (Fsp3) is 0.800. The molecule has 0 bridgehead atoms. The van der Waals surface area contributed by atoms with Crippen molar-refractivity contribution >= 4 is 11.7 Å². The van der Waals surface area contributed by atoms with E-state index in [4.69, 9.17) is 5.73 Å². The van der Waals surface area contributed by atoms with E-state index in [1.807, 2.05) is 0 Å². The Morgan fingerprint density at radius 2 is 1.86 bits per heavy atom. The lowest BCUT2D eigenvalue weighted by Gasteiger charge is -2.26. The average molecular weight is 198 g/mol. The number of carbonyl (C=O) groups is 2. The van der Waals surface area contributed by atoms with Gasteiger partial charge in [-0.1, -0.05) is 0 Å². The number of ketones is 1. The van der Waals surface area contributed by atoms with Gasteiger partial charge in [-0.3, -0.25) is 9.59 Å². The summed E-state index contributed by atoms with van der Waals surface area (Å²) in [6, 6.07) is 0.512. The first-order valence-electron chi connectivity index (χ1n) is 5.12. The quantitative estimate of drug-likeness (QED) is 0.643. The van der Waals surface area contributed by atoms with Crippen LogP contribution in [-0.4, -0.2) is 23.8 Å². The summed E-state index contributed by atoms with van der Waals surface area (Å²) in [6.07, 6.45) is 3.80. The Balaban J connectivity index is 2.24. The summed E-state index contributed by atoms with van der Waals surface area (Å²) in [6.45, 7) is 1.43. The van der Waals surface area contributed by atoms with Gasteiger partial charge in [0.15, 0.2) is 0 Å². The molecule has 0 unspecified atom stereocenters. The molecular formula is C10H18N2O2. The summed E-state index contributed by atoms with van der Waals surface area (Å²) >= 11 is 0. The molecule has 1 saturated carbocycles. The van der Waals surface area contributed by atoms with Gasteiger partial charge in [0, 0.05) is 12.1 Å². The molecule has 1 fully saturated rings. The molecule has 1 amide bonds. The number of rotatable bonds is 3. The Morgan fingerprint density at radius 3 is 2.36 bits per heavy atom. The standard InChI is InChI=1S/C10H18N2O2/c1-7(13)6-10(14)12-9-4-2-8(11)3-5-9/h8-9H,2-6,11H2,1H3,(H,12,14). The van der Waals surface area contributed by atoms with Gasteiger partial charge >= 0.3 is 0 Å². The maximum Gasteiger partial charge on any atom is 0.227 e. The van der Waals surface area contributed by atoms with Crippen molar-refractivity contribution in [2.75, 3.05) is 0 Å². The van der Waals surface area contributed by atoms with Crippen molar-refractivity contribution in [2.24, 2.45) is 5.73 Å². The van der Waals surface area contributed by atoms with Crippen LogP contribution < -0.4 is 11.1 Å². The van der Waals surface area contributed by atoms with Gasteiger partial charge < -0.3 is 11.1 Å². The number of amides is 1. The fourth-order valence-electron chi connectivity index (χ4n) is 1.77. The van der Waals surface area contributed by atoms with Crippen molar-refractivity contribution in [1.82, 2.24) is 5.32 Å². The van der Waals surface area contributed by atoms with E-state index in [0.29, 0.717) is 0 Å². The molecule has 1 rings (SSSR count). The minimum atomic E-state index is -0.155. The minimum absolute atomic E-state index is 0.00253. The summed E-state index contributed by atoms with van der Waals surface area (Å²) in [5.41, 5.74) is 5.74. The monoisotopic (exact) mass is 198 g/mol. The lowest BCUT2D eigenvalue weighted by atomic mass is 9.92. The number of hydrogen-bond donors (Lipinski definition) is 2. The first-order valence-corrected chi connectivity index (χ1v) is 5.12. The molecule has 0 heterocycles. The van der Waals surface area contributed by atoms with Crippen molar-refractivity contribution in [1.29, 1.82) is 0 Å². The number of nitrogens with one attached hydrogen (secondary N) is 1. The zero-order chi connectivity index (χ0) is 10.6. The smallest absolute Gasteiger partial charge is 0.227 e. The molecule has 0 aromatic heterocycles. The third-order valence-electron chi connectivity index (χ3n) is 2.55. The molecular weight excluding hydrogens is 180 g/mol. The second kappa shape index (κ2) is 5.10. The largest absolute Gasteiger partial charge is 0.353 e. The zero-order valence-electron chi connectivity index (χ0n) is 8.58. The van der Waals surface area contributed by atoms with Crippen molar-refractivity contribution in [3.63, 3.8) is 0 Å². The van der Waals surface area contributed by atoms with E-state index in [-0.39, 0.29) is 30.2 Å². The highest BCUT2D eigenvalue weighted by Gasteiger charge is 2.20. The van der Waals surface area contributed by atoms with Crippen LogP contribution in [0, 0.1) is 0 Å². The maximum atomic E-state index is 11.2. The molecule has 1 aliphatic rings. The fourth-order valence-corrected chi connectivity index (χ4v) is 1.77. The summed E-state index contributed by atoms with van der Waals surface area (Å²) in [5, 5.41) is 2.86. The average Bonchev–Trinajstić information content (AvgIpc) is 2.07. The second-order valence-corrected chi connectivity index (χ2v) is 4.06. The highest BCUT2D eigenvalue weighted by Crippen LogP contribution is 2.16. The van der Waals surface area contributed by atoms with E-state index in [1.165, 1.54) is 6.92 Å². The topological polar surface area (TPSA) is 72.2 Å². The van der Waals surface area contributed by atoms with Crippen LogP contribution >= 0.6 is 0 Å². The summed E-state index contributed by atoms with van der Waals surface area (Å²) in [7, 11) is 0. The molecule has 0 spiro atoms. The third kappa shape index (κ3) is 3.87. The number of Topliss-reactive ketones (excluding diaryl/α,β-unsaturated/α-hetero) is 1. The van der Waals surface area contributed by atoms with Gasteiger partial charge in [-0.15, -0.1) is 0 Å². The van der Waals surface area contributed by atoms with E-state index in [9.17, 15) is 9.59 Å². The van der Waals surface area contributed by atoms with E-state index >= 15 is 0 Å². The summed E-state index contributed by atoms with van der Waals surface area (Å²) in [4.78, 5) is 21.9. The lowest BCUT2D eigenvalue weighted by molar-refractivity contribution is -0.127. The van der Waals surface area contributed by atoms with Crippen LogP contribution in [0.4, 0.5) is 0 Å². The maximum absolute atomic E-state index is 11.2. The Morgan fingerprint density at radius 1 is 1.29 bits per heavy atom. The van der Waals surface area contributed by atoms with Crippen molar-refractivity contribution in [2.45, 2.75) is 51.1 Å². The normalized spacial score (nSPS) is 27.0. The van der Waals surface area contributed by atoms with Crippen LogP contribution in [0.2, 0.25) is 0 Å². The van der Waals surface area contributed by atoms with Gasteiger partial charge in [0.05, 0.1) is 6.42 Å². The Hall–Kier alpha value is -0.900. The van der Waals surface area contributed by atoms with Gasteiger partial charge in [0.1, 0.15) is 5.78 Å². The summed E-state index contributed by atoms with van der Waals surface area (Å²) < 4.78 is 0. The number of hydrogen-bond acceptors (Lipinski definition) is 3. The van der Waals surface area contributed by atoms with Crippen molar-refractivity contribution < 1.29 is 9.59 Å². The zero-order valence-corrected chi connectivity index (χ0v) is 8.58. The first kappa shape index (κ1) is 11.2. The van der Waals surface area contributed by atoms with Crippen LogP contribution in [0.15, 0.2) is 0 Å². The summed E-state index contributed by atoms with van der Waals surface area (Å²) in [5.74, 6) is -0.243. The van der Waals surface area contributed by atoms with Crippen molar-refractivity contribution in [3.05, 3.63) is 0 Å². The van der Waals surface area contributed by atoms with Crippen LogP contribution in [0.1, 0.15) is 39.0 Å². The van der Waals surface area contributed by atoms with Gasteiger partial charge in [-0.05, 0) is 32.6 Å². The molecule has 0 atom stereocenters. The lowest BCUT2D eigenvalue weighted by Crippen LogP contribution is -2.40. The Labute approximate surface area is 84.2 Å². The van der Waals surface area contributed by atoms with E-state index in [1.54, 1.807) is 0 Å². The third-order valence-corrected chi connectivity index (χ3v) is 2.55. The predicted molar refractivity (Wildman–Crippen MR) is 53.7 cm³/mol. The number of nitrogens with two attached hydrogens (primary N) is 1.